The molecule has 42 heavy (non-hydrogen) atoms. The summed E-state index contributed by atoms with van der Waals surface area (Å²) in [5.74, 6) is 1.96. The van der Waals surface area contributed by atoms with Crippen LogP contribution in [0.2, 0.25) is 0 Å². The Bertz CT molecular complexity index is 1100. The molecule has 0 unspecified atom stereocenters. The molecule has 0 aliphatic carbocycles. The number of nitrogens with one attached hydrogen (secondary N) is 1. The number of carbonyl (C=O) groups excluding carboxylic acids is 1. The van der Waals surface area contributed by atoms with Crippen molar-refractivity contribution in [1.29, 1.82) is 0 Å². The number of nitrogens with zero attached hydrogens (tertiary/aromatic N) is 1. The van der Waals surface area contributed by atoms with Gasteiger partial charge in [0.2, 0.25) is 5.91 Å². The zero-order valence-corrected chi connectivity index (χ0v) is 27.9. The summed E-state index contributed by atoms with van der Waals surface area (Å²) in [7, 11) is 0. The van der Waals surface area contributed by atoms with E-state index in [9.17, 15) is 4.79 Å². The number of hydrogen-bond acceptors (Lipinski definition) is 4. The molecule has 1 amide bonds. The fourth-order valence-electron chi connectivity index (χ4n) is 5.42. The van der Waals surface area contributed by atoms with Gasteiger partial charge in [-0.05, 0) is 59.1 Å². The lowest BCUT2D eigenvalue weighted by atomic mass is 9.85. The Morgan fingerprint density at radius 2 is 1.45 bits per heavy atom. The van der Waals surface area contributed by atoms with E-state index < -0.39 is 0 Å². The number of thioether (sulfide) groups is 1. The van der Waals surface area contributed by atoms with Gasteiger partial charge in [0.05, 0.1) is 18.9 Å². The average molecular weight is 593 g/mol. The van der Waals surface area contributed by atoms with E-state index in [2.05, 4.69) is 74.5 Å². The van der Waals surface area contributed by atoms with Crippen molar-refractivity contribution in [3.05, 3.63) is 70.3 Å². The van der Waals surface area contributed by atoms with Crippen LogP contribution in [0.4, 0.5) is 5.69 Å². The highest BCUT2D eigenvalue weighted by molar-refractivity contribution is 8.02. The van der Waals surface area contributed by atoms with Gasteiger partial charge in [0.1, 0.15) is 5.75 Å². The van der Waals surface area contributed by atoms with Crippen LogP contribution in [0, 0.1) is 0 Å². The second kappa shape index (κ2) is 18.3. The maximum atomic E-state index is 12.9. The molecule has 4 nitrogen and oxygen atoms in total. The maximum Gasteiger partial charge on any atom is 0.228 e. The molecule has 1 aliphatic heterocycles. The molecule has 3 rings (SSSR count). The number of hydrogen-bond donors (Lipinski definition) is 1. The molecule has 5 heteroatoms. The van der Waals surface area contributed by atoms with Gasteiger partial charge in [-0.3, -0.25) is 4.79 Å². The number of ether oxygens (including phenoxy) is 1. The van der Waals surface area contributed by atoms with Crippen molar-refractivity contribution in [2.75, 3.05) is 17.8 Å². The summed E-state index contributed by atoms with van der Waals surface area (Å²) in [5.41, 5.74) is 5.52. The number of amides is 1. The molecule has 2 aromatic carbocycles. The summed E-state index contributed by atoms with van der Waals surface area (Å²) in [6.07, 6.45) is 16.5. The fraction of sp³-hybridized carbons (Fsp3) is 0.595. The molecule has 1 heterocycles. The topological polar surface area (TPSA) is 41.6 Å². The van der Waals surface area contributed by atoms with Gasteiger partial charge in [0.25, 0.3) is 0 Å². The fourth-order valence-corrected chi connectivity index (χ4v) is 6.36. The van der Waals surface area contributed by atoms with Gasteiger partial charge in [0.15, 0.2) is 0 Å². The van der Waals surface area contributed by atoms with Gasteiger partial charge < -0.3 is 15.0 Å². The highest BCUT2D eigenvalue weighted by Gasteiger charge is 2.20. The molecule has 0 saturated heterocycles. The molecule has 2 aromatic rings. The predicted molar refractivity (Wildman–Crippen MR) is 182 cm³/mol. The first-order chi connectivity index (χ1) is 20.3. The van der Waals surface area contributed by atoms with E-state index in [0.717, 1.165) is 42.4 Å². The molecule has 0 fully saturated rings. The van der Waals surface area contributed by atoms with Crippen LogP contribution >= 0.6 is 11.8 Å². The van der Waals surface area contributed by atoms with Gasteiger partial charge in [-0.2, -0.15) is 0 Å². The predicted octanol–water partition coefficient (Wildman–Crippen LogP) is 10.6. The maximum absolute atomic E-state index is 12.9. The minimum Gasteiger partial charge on any atom is -0.493 e. The Balaban J connectivity index is 1.38. The third-order valence-electron chi connectivity index (χ3n) is 8.07. The lowest BCUT2D eigenvalue weighted by molar-refractivity contribution is -0.115. The van der Waals surface area contributed by atoms with Crippen LogP contribution in [0.5, 0.6) is 5.75 Å². The van der Waals surface area contributed by atoms with E-state index in [1.165, 1.54) is 87.5 Å². The lowest BCUT2D eigenvalue weighted by Crippen LogP contribution is -2.18. The minimum absolute atomic E-state index is 0.00231. The van der Waals surface area contributed by atoms with Crippen LogP contribution in [0.1, 0.15) is 128 Å². The SMILES string of the molecule is CCCCCCCCCCCCCCOc1ccc(CC(=O)Nc2ccc(CN3CSC=C3C)cc2)cc1C(C)(C)C. The van der Waals surface area contributed by atoms with Gasteiger partial charge in [-0.15, -0.1) is 11.8 Å². The van der Waals surface area contributed by atoms with Crippen LogP contribution in [-0.2, 0) is 23.2 Å². The molecule has 232 valence electrons. The third kappa shape index (κ3) is 12.5. The van der Waals surface area contributed by atoms with Crippen LogP contribution in [0.25, 0.3) is 0 Å². The Morgan fingerprint density at radius 1 is 0.857 bits per heavy atom. The van der Waals surface area contributed by atoms with Gasteiger partial charge >= 0.3 is 0 Å². The summed E-state index contributed by atoms with van der Waals surface area (Å²) in [5, 5.41) is 5.28. The number of allylic oxidation sites excluding steroid dienone is 1. The van der Waals surface area contributed by atoms with E-state index in [1.807, 2.05) is 30.0 Å². The molecule has 1 aliphatic rings. The largest absolute Gasteiger partial charge is 0.493 e. The highest BCUT2D eigenvalue weighted by Crippen LogP contribution is 2.33. The molecular weight excluding hydrogens is 536 g/mol. The van der Waals surface area contributed by atoms with Crippen molar-refractivity contribution >= 4 is 23.4 Å². The Labute approximate surface area is 261 Å². The molecule has 0 spiro atoms. The quantitative estimate of drug-likeness (QED) is 0.165. The average Bonchev–Trinajstić information content (AvgIpc) is 3.36. The molecular formula is C37H56N2O2S. The Morgan fingerprint density at radius 3 is 2.02 bits per heavy atom. The molecule has 0 radical (unpaired) electrons. The van der Waals surface area contributed by atoms with E-state index in [-0.39, 0.29) is 11.3 Å². The van der Waals surface area contributed by atoms with E-state index in [4.69, 9.17) is 4.74 Å². The number of rotatable bonds is 19. The zero-order chi connectivity index (χ0) is 30.2. The van der Waals surface area contributed by atoms with Crippen molar-refractivity contribution in [2.45, 2.75) is 130 Å². The second-order valence-corrected chi connectivity index (χ2v) is 13.8. The van der Waals surface area contributed by atoms with Crippen LogP contribution in [0.15, 0.2) is 53.6 Å². The van der Waals surface area contributed by atoms with Crippen molar-refractivity contribution in [3.8, 4) is 5.75 Å². The van der Waals surface area contributed by atoms with Crippen LogP contribution < -0.4 is 10.1 Å². The van der Waals surface area contributed by atoms with Crippen LogP contribution in [0.3, 0.4) is 0 Å². The summed E-state index contributed by atoms with van der Waals surface area (Å²) in [6.45, 7) is 12.7. The van der Waals surface area contributed by atoms with Crippen molar-refractivity contribution in [3.63, 3.8) is 0 Å². The van der Waals surface area contributed by atoms with E-state index in [0.29, 0.717) is 6.42 Å². The Hall–Kier alpha value is -2.40. The first kappa shape index (κ1) is 34.1. The molecule has 0 atom stereocenters. The third-order valence-corrected chi connectivity index (χ3v) is 9.03. The normalized spacial score (nSPS) is 13.4. The van der Waals surface area contributed by atoms with Crippen LogP contribution in [-0.4, -0.2) is 23.3 Å². The van der Waals surface area contributed by atoms with E-state index in [1.54, 1.807) is 0 Å². The van der Waals surface area contributed by atoms with E-state index >= 15 is 0 Å². The van der Waals surface area contributed by atoms with Gasteiger partial charge in [0, 0.05) is 17.9 Å². The standard InChI is InChI=1S/C37H56N2O2S/c1-6-7-8-9-10-11-12-13-14-15-16-17-24-41-35-23-20-32(25-34(35)37(3,4)5)26-36(40)38-33-21-18-31(19-22-33)27-39-29-42-28-30(39)2/h18-23,25,28H,6-17,24,26-27,29H2,1-5H3,(H,38,40). The number of benzene rings is 2. The summed E-state index contributed by atoms with van der Waals surface area (Å²) in [6, 6.07) is 14.5. The van der Waals surface area contributed by atoms with Crippen molar-refractivity contribution in [2.24, 2.45) is 0 Å². The summed E-state index contributed by atoms with van der Waals surface area (Å²) in [4.78, 5) is 15.2. The summed E-state index contributed by atoms with van der Waals surface area (Å²) < 4.78 is 6.27. The second-order valence-electron chi connectivity index (χ2n) is 13.0. The summed E-state index contributed by atoms with van der Waals surface area (Å²) >= 11 is 1.83. The Kier molecular flexibility index (Phi) is 14.9. The zero-order valence-electron chi connectivity index (χ0n) is 27.1. The monoisotopic (exact) mass is 592 g/mol. The molecule has 0 bridgehead atoms. The first-order valence-electron chi connectivity index (χ1n) is 16.4. The first-order valence-corrected chi connectivity index (χ1v) is 17.5. The van der Waals surface area contributed by atoms with Gasteiger partial charge in [-0.1, -0.05) is 123 Å². The van der Waals surface area contributed by atoms with Gasteiger partial charge in [-0.25, -0.2) is 0 Å². The number of carbonyl (C=O) groups is 1. The number of anilines is 1. The molecule has 0 aromatic heterocycles. The minimum atomic E-state index is -0.0599. The number of unbranched alkanes of at least 4 members (excludes halogenated alkanes) is 11. The highest BCUT2D eigenvalue weighted by atomic mass is 32.2. The lowest BCUT2D eigenvalue weighted by Gasteiger charge is -2.24. The smallest absolute Gasteiger partial charge is 0.228 e. The molecule has 1 N–H and O–H groups in total. The molecule has 0 saturated carbocycles. The van der Waals surface area contributed by atoms with Crippen molar-refractivity contribution in [1.82, 2.24) is 4.90 Å². The van der Waals surface area contributed by atoms with Crippen molar-refractivity contribution < 1.29 is 9.53 Å².